The van der Waals surface area contributed by atoms with Crippen LogP contribution in [0.2, 0.25) is 0 Å². The van der Waals surface area contributed by atoms with Gasteiger partial charge in [0.05, 0.1) is 0 Å². The minimum Gasteiger partial charge on any atom is -0.356 e. The van der Waals surface area contributed by atoms with Crippen LogP contribution in [-0.2, 0) is 11.3 Å². The Morgan fingerprint density at radius 2 is 2.05 bits per heavy atom. The summed E-state index contributed by atoms with van der Waals surface area (Å²) >= 11 is 0. The molecule has 5 nitrogen and oxygen atoms in total. The standard InChI is InChI=1S/C15H26N4O/c1-2-13-5-7-14(8-6-13)10-17-15(20)4-3-9-19-12-16-11-18-19/h11-14H,2-10H2,1H3,(H,17,20). The van der Waals surface area contributed by atoms with Crippen molar-refractivity contribution in [2.75, 3.05) is 6.54 Å². The molecule has 0 unspecified atom stereocenters. The molecule has 0 atom stereocenters. The molecule has 112 valence electrons. The van der Waals surface area contributed by atoms with Crippen LogP contribution in [0, 0.1) is 11.8 Å². The largest absolute Gasteiger partial charge is 0.356 e. The van der Waals surface area contributed by atoms with E-state index in [1.807, 2.05) is 0 Å². The number of carbonyl (C=O) groups excluding carboxylic acids is 1. The van der Waals surface area contributed by atoms with Gasteiger partial charge in [0, 0.05) is 19.5 Å². The molecular weight excluding hydrogens is 252 g/mol. The summed E-state index contributed by atoms with van der Waals surface area (Å²) in [6.45, 7) is 3.90. The molecule has 0 bridgehead atoms. The molecule has 2 rings (SSSR count). The average Bonchev–Trinajstić information content (AvgIpc) is 2.99. The lowest BCUT2D eigenvalue weighted by atomic mass is 9.81. The summed E-state index contributed by atoms with van der Waals surface area (Å²) in [6, 6.07) is 0. The van der Waals surface area contributed by atoms with E-state index in [1.54, 1.807) is 11.0 Å². The summed E-state index contributed by atoms with van der Waals surface area (Å²) in [5.41, 5.74) is 0. The van der Waals surface area contributed by atoms with Crippen molar-refractivity contribution >= 4 is 5.91 Å². The monoisotopic (exact) mass is 278 g/mol. The summed E-state index contributed by atoms with van der Waals surface area (Å²) in [4.78, 5) is 15.7. The highest BCUT2D eigenvalue weighted by atomic mass is 16.1. The van der Waals surface area contributed by atoms with E-state index in [0.717, 1.165) is 25.4 Å². The fraction of sp³-hybridized carbons (Fsp3) is 0.800. The van der Waals surface area contributed by atoms with E-state index in [4.69, 9.17) is 0 Å². The van der Waals surface area contributed by atoms with Gasteiger partial charge in [0.25, 0.3) is 0 Å². The first-order valence-electron chi connectivity index (χ1n) is 7.87. The number of nitrogens with zero attached hydrogens (tertiary/aromatic N) is 3. The second-order valence-electron chi connectivity index (χ2n) is 5.86. The van der Waals surface area contributed by atoms with Crippen LogP contribution in [0.5, 0.6) is 0 Å². The van der Waals surface area contributed by atoms with Gasteiger partial charge in [-0.3, -0.25) is 9.48 Å². The third-order valence-corrected chi connectivity index (χ3v) is 4.39. The summed E-state index contributed by atoms with van der Waals surface area (Å²) in [5, 5.41) is 7.10. The van der Waals surface area contributed by atoms with Crippen LogP contribution in [0.3, 0.4) is 0 Å². The third-order valence-electron chi connectivity index (χ3n) is 4.39. The maximum absolute atomic E-state index is 11.8. The van der Waals surface area contributed by atoms with Crippen molar-refractivity contribution in [1.29, 1.82) is 0 Å². The first-order valence-corrected chi connectivity index (χ1v) is 7.87. The van der Waals surface area contributed by atoms with Gasteiger partial charge in [-0.1, -0.05) is 26.2 Å². The Labute approximate surface area is 121 Å². The predicted molar refractivity (Wildman–Crippen MR) is 78.0 cm³/mol. The van der Waals surface area contributed by atoms with Crippen molar-refractivity contribution in [1.82, 2.24) is 20.1 Å². The quantitative estimate of drug-likeness (QED) is 0.833. The lowest BCUT2D eigenvalue weighted by Gasteiger charge is -2.27. The number of carbonyl (C=O) groups is 1. The Kier molecular flexibility index (Phi) is 6.02. The summed E-state index contributed by atoms with van der Waals surface area (Å²) < 4.78 is 1.76. The summed E-state index contributed by atoms with van der Waals surface area (Å²) in [6.07, 6.45) is 11.1. The van der Waals surface area contributed by atoms with Gasteiger partial charge < -0.3 is 5.32 Å². The molecule has 1 amide bonds. The molecule has 1 aliphatic carbocycles. The molecule has 20 heavy (non-hydrogen) atoms. The topological polar surface area (TPSA) is 59.8 Å². The van der Waals surface area contributed by atoms with E-state index in [1.165, 1.54) is 38.4 Å². The minimum atomic E-state index is 0.169. The molecule has 0 spiro atoms. The van der Waals surface area contributed by atoms with Gasteiger partial charge in [-0.2, -0.15) is 5.10 Å². The molecule has 0 radical (unpaired) electrons. The van der Waals surface area contributed by atoms with Crippen molar-refractivity contribution in [3.05, 3.63) is 12.7 Å². The molecule has 1 fully saturated rings. The molecule has 5 heteroatoms. The number of aryl methyl sites for hydroxylation is 1. The number of amides is 1. The van der Waals surface area contributed by atoms with Crippen LogP contribution in [-0.4, -0.2) is 27.2 Å². The highest BCUT2D eigenvalue weighted by Gasteiger charge is 2.20. The van der Waals surface area contributed by atoms with E-state index in [-0.39, 0.29) is 5.91 Å². The van der Waals surface area contributed by atoms with E-state index >= 15 is 0 Å². The maximum atomic E-state index is 11.8. The zero-order valence-electron chi connectivity index (χ0n) is 12.4. The first-order chi connectivity index (χ1) is 9.78. The Morgan fingerprint density at radius 1 is 1.30 bits per heavy atom. The van der Waals surface area contributed by atoms with E-state index in [9.17, 15) is 4.79 Å². The molecule has 1 aliphatic rings. The molecule has 0 saturated heterocycles. The molecule has 1 saturated carbocycles. The van der Waals surface area contributed by atoms with Crippen molar-refractivity contribution in [2.24, 2.45) is 11.8 Å². The van der Waals surface area contributed by atoms with Crippen molar-refractivity contribution in [2.45, 2.75) is 58.4 Å². The second kappa shape index (κ2) is 8.02. The number of hydrogen-bond acceptors (Lipinski definition) is 3. The lowest BCUT2D eigenvalue weighted by molar-refractivity contribution is -0.121. The first kappa shape index (κ1) is 15.0. The molecule has 1 N–H and O–H groups in total. The normalized spacial score (nSPS) is 22.6. The van der Waals surface area contributed by atoms with Crippen LogP contribution >= 0.6 is 0 Å². The van der Waals surface area contributed by atoms with Gasteiger partial charge >= 0.3 is 0 Å². The van der Waals surface area contributed by atoms with Gasteiger partial charge in [0.2, 0.25) is 5.91 Å². The molecule has 0 aromatic carbocycles. The molecule has 1 aromatic rings. The van der Waals surface area contributed by atoms with Gasteiger partial charge in [0.15, 0.2) is 0 Å². The number of nitrogens with one attached hydrogen (secondary N) is 1. The lowest BCUT2D eigenvalue weighted by Crippen LogP contribution is -2.31. The van der Waals surface area contributed by atoms with Crippen LogP contribution in [0.25, 0.3) is 0 Å². The Bertz CT molecular complexity index is 383. The number of rotatable bonds is 7. The number of aromatic nitrogens is 3. The highest BCUT2D eigenvalue weighted by molar-refractivity contribution is 5.75. The molecule has 0 aliphatic heterocycles. The Balaban J connectivity index is 1.54. The highest BCUT2D eigenvalue weighted by Crippen LogP contribution is 2.30. The van der Waals surface area contributed by atoms with E-state index < -0.39 is 0 Å². The van der Waals surface area contributed by atoms with E-state index in [0.29, 0.717) is 12.3 Å². The van der Waals surface area contributed by atoms with Gasteiger partial charge in [0.1, 0.15) is 12.7 Å². The SMILES string of the molecule is CCC1CCC(CNC(=O)CCCn2cncn2)CC1. The van der Waals surface area contributed by atoms with Gasteiger partial charge in [-0.05, 0) is 31.1 Å². The Morgan fingerprint density at radius 3 is 2.70 bits per heavy atom. The van der Waals surface area contributed by atoms with E-state index in [2.05, 4.69) is 22.3 Å². The molecule has 1 aromatic heterocycles. The maximum Gasteiger partial charge on any atom is 0.220 e. The molecule has 1 heterocycles. The zero-order valence-corrected chi connectivity index (χ0v) is 12.4. The fourth-order valence-corrected chi connectivity index (χ4v) is 2.94. The number of hydrogen-bond donors (Lipinski definition) is 1. The zero-order chi connectivity index (χ0) is 14.2. The predicted octanol–water partition coefficient (Wildman–Crippen LogP) is 2.39. The Hall–Kier alpha value is -1.39. The van der Waals surface area contributed by atoms with Crippen molar-refractivity contribution in [3.63, 3.8) is 0 Å². The van der Waals surface area contributed by atoms with Crippen LogP contribution in [0.1, 0.15) is 51.9 Å². The summed E-state index contributed by atoms with van der Waals surface area (Å²) in [5.74, 6) is 1.78. The van der Waals surface area contributed by atoms with Crippen LogP contribution in [0.4, 0.5) is 0 Å². The van der Waals surface area contributed by atoms with Crippen molar-refractivity contribution in [3.8, 4) is 0 Å². The molecular formula is C15H26N4O. The van der Waals surface area contributed by atoms with Gasteiger partial charge in [-0.15, -0.1) is 0 Å². The average molecular weight is 278 g/mol. The summed E-state index contributed by atoms with van der Waals surface area (Å²) in [7, 11) is 0. The smallest absolute Gasteiger partial charge is 0.220 e. The minimum absolute atomic E-state index is 0.169. The third kappa shape index (κ3) is 4.94. The fourth-order valence-electron chi connectivity index (χ4n) is 2.94. The van der Waals surface area contributed by atoms with Crippen LogP contribution in [0.15, 0.2) is 12.7 Å². The van der Waals surface area contributed by atoms with Gasteiger partial charge in [-0.25, -0.2) is 4.98 Å². The van der Waals surface area contributed by atoms with Crippen molar-refractivity contribution < 1.29 is 4.79 Å². The second-order valence-corrected chi connectivity index (χ2v) is 5.86. The van der Waals surface area contributed by atoms with Crippen LogP contribution < -0.4 is 5.32 Å².